The van der Waals surface area contributed by atoms with Crippen LogP contribution < -0.4 is 10.5 Å². The topological polar surface area (TPSA) is 35.2 Å². The summed E-state index contributed by atoms with van der Waals surface area (Å²) in [5.74, 6) is 0.788. The Balaban J connectivity index is 3.14. The molecule has 1 aromatic rings. The lowest BCUT2D eigenvalue weighted by Gasteiger charge is -2.12. The predicted molar refractivity (Wildman–Crippen MR) is 57.8 cm³/mol. The van der Waals surface area contributed by atoms with Gasteiger partial charge in [0.25, 0.3) is 0 Å². The van der Waals surface area contributed by atoms with Crippen molar-refractivity contribution in [3.63, 3.8) is 0 Å². The average Bonchev–Trinajstić information content (AvgIpc) is 2.16. The monoisotopic (exact) mass is 241 g/mol. The zero-order valence-electron chi connectivity index (χ0n) is 7.46. The standard InChI is InChI=1S/C10H12BrNO/c1-3-9(12)8-6-7(11)4-5-10(8)13-2/h3-6,9H,1,12H2,2H3. The highest BCUT2D eigenvalue weighted by atomic mass is 79.9. The molecule has 0 fully saturated rings. The quantitative estimate of drug-likeness (QED) is 0.827. The molecule has 0 bridgehead atoms. The zero-order chi connectivity index (χ0) is 9.84. The van der Waals surface area contributed by atoms with Crippen LogP contribution >= 0.6 is 15.9 Å². The van der Waals surface area contributed by atoms with Crippen LogP contribution in [0.2, 0.25) is 0 Å². The van der Waals surface area contributed by atoms with Crippen LogP contribution in [0.4, 0.5) is 0 Å². The largest absolute Gasteiger partial charge is 0.496 e. The summed E-state index contributed by atoms with van der Waals surface area (Å²) in [7, 11) is 1.63. The van der Waals surface area contributed by atoms with E-state index in [4.69, 9.17) is 10.5 Å². The first-order valence-electron chi connectivity index (χ1n) is 3.90. The number of halogens is 1. The van der Waals surface area contributed by atoms with Gasteiger partial charge in [0.1, 0.15) is 5.75 Å². The molecule has 1 atom stereocenters. The lowest BCUT2D eigenvalue weighted by atomic mass is 10.1. The SMILES string of the molecule is C=CC(N)c1cc(Br)ccc1OC. The van der Waals surface area contributed by atoms with Gasteiger partial charge in [0.15, 0.2) is 0 Å². The molecule has 3 heteroatoms. The Bertz CT molecular complexity index is 312. The van der Waals surface area contributed by atoms with Gasteiger partial charge in [0.2, 0.25) is 0 Å². The summed E-state index contributed by atoms with van der Waals surface area (Å²) in [6.07, 6.45) is 1.68. The van der Waals surface area contributed by atoms with Gasteiger partial charge >= 0.3 is 0 Å². The van der Waals surface area contributed by atoms with E-state index in [2.05, 4.69) is 22.5 Å². The normalized spacial score (nSPS) is 12.2. The average molecular weight is 242 g/mol. The molecule has 1 aromatic carbocycles. The maximum absolute atomic E-state index is 5.82. The van der Waals surface area contributed by atoms with Crippen molar-refractivity contribution in [3.8, 4) is 5.75 Å². The van der Waals surface area contributed by atoms with Crippen molar-refractivity contribution in [1.82, 2.24) is 0 Å². The maximum Gasteiger partial charge on any atom is 0.124 e. The summed E-state index contributed by atoms with van der Waals surface area (Å²) in [6, 6.07) is 5.54. The fourth-order valence-electron chi connectivity index (χ4n) is 1.09. The van der Waals surface area contributed by atoms with Gasteiger partial charge in [0.05, 0.1) is 13.2 Å². The fraction of sp³-hybridized carbons (Fsp3) is 0.200. The molecule has 0 saturated carbocycles. The number of nitrogens with two attached hydrogens (primary N) is 1. The van der Waals surface area contributed by atoms with Gasteiger partial charge < -0.3 is 10.5 Å². The molecule has 0 aliphatic carbocycles. The molecule has 1 unspecified atom stereocenters. The summed E-state index contributed by atoms with van der Waals surface area (Å²) in [5.41, 5.74) is 6.76. The van der Waals surface area contributed by atoms with E-state index < -0.39 is 0 Å². The van der Waals surface area contributed by atoms with Crippen LogP contribution in [0.5, 0.6) is 5.75 Å². The minimum Gasteiger partial charge on any atom is -0.496 e. The van der Waals surface area contributed by atoms with E-state index in [0.717, 1.165) is 15.8 Å². The van der Waals surface area contributed by atoms with Crippen LogP contribution in [-0.4, -0.2) is 7.11 Å². The van der Waals surface area contributed by atoms with Gasteiger partial charge in [-0.1, -0.05) is 22.0 Å². The van der Waals surface area contributed by atoms with Crippen LogP contribution in [-0.2, 0) is 0 Å². The summed E-state index contributed by atoms with van der Waals surface area (Å²) in [6.45, 7) is 3.65. The van der Waals surface area contributed by atoms with Crippen molar-refractivity contribution < 1.29 is 4.74 Å². The number of hydrogen-bond acceptors (Lipinski definition) is 2. The van der Waals surface area contributed by atoms with Crippen molar-refractivity contribution in [2.75, 3.05) is 7.11 Å². The predicted octanol–water partition coefficient (Wildman–Crippen LogP) is 2.64. The van der Waals surface area contributed by atoms with Gasteiger partial charge in [-0.25, -0.2) is 0 Å². The van der Waals surface area contributed by atoms with Crippen LogP contribution in [0.3, 0.4) is 0 Å². The van der Waals surface area contributed by atoms with Gasteiger partial charge in [-0.05, 0) is 18.2 Å². The molecule has 70 valence electrons. The molecule has 0 aromatic heterocycles. The highest BCUT2D eigenvalue weighted by Crippen LogP contribution is 2.27. The number of benzene rings is 1. The molecule has 2 N–H and O–H groups in total. The zero-order valence-corrected chi connectivity index (χ0v) is 9.04. The maximum atomic E-state index is 5.82. The molecule has 0 radical (unpaired) electrons. The molecule has 0 aliphatic heterocycles. The van der Waals surface area contributed by atoms with Gasteiger partial charge in [-0.2, -0.15) is 0 Å². The van der Waals surface area contributed by atoms with E-state index >= 15 is 0 Å². The summed E-state index contributed by atoms with van der Waals surface area (Å²) in [5, 5.41) is 0. The summed E-state index contributed by atoms with van der Waals surface area (Å²) in [4.78, 5) is 0. The second-order valence-electron chi connectivity index (χ2n) is 2.65. The van der Waals surface area contributed by atoms with E-state index in [1.165, 1.54) is 0 Å². The van der Waals surface area contributed by atoms with Crippen molar-refractivity contribution in [2.24, 2.45) is 5.73 Å². The third-order valence-corrected chi connectivity index (χ3v) is 2.30. The Hall–Kier alpha value is -0.800. The van der Waals surface area contributed by atoms with E-state index in [1.54, 1.807) is 13.2 Å². The van der Waals surface area contributed by atoms with Crippen molar-refractivity contribution in [1.29, 1.82) is 0 Å². The third kappa shape index (κ3) is 2.32. The molecule has 0 amide bonds. The Labute approximate surface area is 86.5 Å². The Morgan fingerprint density at radius 2 is 2.31 bits per heavy atom. The van der Waals surface area contributed by atoms with Crippen molar-refractivity contribution in [3.05, 3.63) is 40.9 Å². The second kappa shape index (κ2) is 4.44. The highest BCUT2D eigenvalue weighted by molar-refractivity contribution is 9.10. The number of rotatable bonds is 3. The lowest BCUT2D eigenvalue weighted by molar-refractivity contribution is 0.408. The first-order valence-corrected chi connectivity index (χ1v) is 4.70. The lowest BCUT2D eigenvalue weighted by Crippen LogP contribution is -2.08. The van der Waals surface area contributed by atoms with E-state index in [-0.39, 0.29) is 6.04 Å². The Morgan fingerprint density at radius 3 is 2.85 bits per heavy atom. The van der Waals surface area contributed by atoms with Crippen LogP contribution in [0.25, 0.3) is 0 Å². The van der Waals surface area contributed by atoms with Crippen molar-refractivity contribution in [2.45, 2.75) is 6.04 Å². The summed E-state index contributed by atoms with van der Waals surface area (Å²) >= 11 is 3.38. The minimum atomic E-state index is -0.188. The molecule has 1 rings (SSSR count). The molecule has 0 aliphatic rings. The van der Waals surface area contributed by atoms with Crippen molar-refractivity contribution >= 4 is 15.9 Å². The molecule has 0 spiro atoms. The first kappa shape index (κ1) is 10.3. The smallest absolute Gasteiger partial charge is 0.124 e. The molecule has 0 heterocycles. The molecular weight excluding hydrogens is 230 g/mol. The molecular formula is C10H12BrNO. The first-order chi connectivity index (χ1) is 6.19. The molecule has 0 saturated heterocycles. The molecule has 13 heavy (non-hydrogen) atoms. The van der Waals surface area contributed by atoms with Crippen LogP contribution in [0.15, 0.2) is 35.3 Å². The van der Waals surface area contributed by atoms with Crippen LogP contribution in [0, 0.1) is 0 Å². The molecule has 2 nitrogen and oxygen atoms in total. The van der Waals surface area contributed by atoms with Gasteiger partial charge in [-0.15, -0.1) is 6.58 Å². The van der Waals surface area contributed by atoms with Gasteiger partial charge in [-0.3, -0.25) is 0 Å². The fourth-order valence-corrected chi connectivity index (χ4v) is 1.47. The van der Waals surface area contributed by atoms with Gasteiger partial charge in [0, 0.05) is 10.0 Å². The van der Waals surface area contributed by atoms with E-state index in [0.29, 0.717) is 0 Å². The Kier molecular flexibility index (Phi) is 3.51. The van der Waals surface area contributed by atoms with Crippen LogP contribution in [0.1, 0.15) is 11.6 Å². The number of methoxy groups -OCH3 is 1. The highest BCUT2D eigenvalue weighted by Gasteiger charge is 2.08. The number of hydrogen-bond donors (Lipinski definition) is 1. The Morgan fingerprint density at radius 1 is 1.62 bits per heavy atom. The van der Waals surface area contributed by atoms with E-state index in [1.807, 2.05) is 18.2 Å². The second-order valence-corrected chi connectivity index (χ2v) is 3.56. The third-order valence-electron chi connectivity index (χ3n) is 1.80. The number of ether oxygens (including phenoxy) is 1. The minimum absolute atomic E-state index is 0.188. The summed E-state index contributed by atoms with van der Waals surface area (Å²) < 4.78 is 6.16. The van der Waals surface area contributed by atoms with E-state index in [9.17, 15) is 0 Å².